The highest BCUT2D eigenvalue weighted by atomic mass is 16.8. The lowest BCUT2D eigenvalue weighted by Crippen LogP contribution is -2.68. The number of aliphatic hydroxyl groups excluding tert-OH is 14. The highest BCUT2D eigenvalue weighted by Gasteiger charge is 2.77. The number of aliphatic hydroxyl groups is 14. The quantitative estimate of drug-likeness (QED) is 0.0382. The molecule has 14 N–H and O–H groups in total. The summed E-state index contributed by atoms with van der Waals surface area (Å²) in [5.74, 6) is -0.738. The summed E-state index contributed by atoms with van der Waals surface area (Å²) >= 11 is 0. The molecule has 32 nitrogen and oxygen atoms in total. The Morgan fingerprint density at radius 1 is 0.570 bits per heavy atom. The van der Waals surface area contributed by atoms with Crippen LogP contribution in [0.25, 0.3) is 0 Å². The lowest BCUT2D eigenvalue weighted by molar-refractivity contribution is -0.403. The number of methoxy groups -OCH3 is 2. The van der Waals surface area contributed by atoms with Crippen LogP contribution in [0.4, 0.5) is 0 Å². The van der Waals surface area contributed by atoms with Crippen molar-refractivity contribution in [3.8, 4) is 0 Å². The molecule has 37 unspecified atom stereocenters. The third-order valence-corrected chi connectivity index (χ3v) is 24.6. The van der Waals surface area contributed by atoms with Crippen molar-refractivity contribution in [1.29, 1.82) is 0 Å². The van der Waals surface area contributed by atoms with Crippen molar-refractivity contribution in [2.24, 2.45) is 39.4 Å². The second-order valence-corrected chi connectivity index (χ2v) is 31.0. The largest absolute Gasteiger partial charge is 0.462 e. The monoisotopic (exact) mass is 1440 g/mol. The van der Waals surface area contributed by atoms with Crippen LogP contribution in [0.3, 0.4) is 0 Å². The maximum Gasteiger partial charge on any atom is 0.313 e. The average molecular weight is 1440 g/mol. The molecular weight excluding hydrogens is 1330 g/mol. The van der Waals surface area contributed by atoms with Gasteiger partial charge in [-0.3, -0.25) is 9.59 Å². The van der Waals surface area contributed by atoms with Crippen LogP contribution in [0.15, 0.2) is 23.8 Å². The third-order valence-electron chi connectivity index (χ3n) is 24.6. The first-order valence-corrected chi connectivity index (χ1v) is 35.1. The van der Waals surface area contributed by atoms with Crippen LogP contribution in [0, 0.1) is 39.4 Å². The minimum Gasteiger partial charge on any atom is -0.462 e. The van der Waals surface area contributed by atoms with Crippen molar-refractivity contribution < 1.29 is 157 Å². The highest BCUT2D eigenvalue weighted by molar-refractivity contribution is 5.83. The smallest absolute Gasteiger partial charge is 0.313 e. The molecule has 7 heterocycles. The Balaban J connectivity index is 0.797. The van der Waals surface area contributed by atoms with Crippen molar-refractivity contribution in [2.45, 2.75) is 303 Å². The first kappa shape index (κ1) is 78.4. The van der Waals surface area contributed by atoms with E-state index in [0.29, 0.717) is 44.9 Å². The van der Waals surface area contributed by atoms with E-state index in [9.17, 15) is 81.1 Å². The van der Waals surface area contributed by atoms with E-state index in [1.807, 2.05) is 13.8 Å². The molecule has 0 aromatic heterocycles. The van der Waals surface area contributed by atoms with E-state index in [-0.39, 0.29) is 29.1 Å². The van der Waals surface area contributed by atoms with Crippen molar-refractivity contribution in [2.75, 3.05) is 47.3 Å². The fourth-order valence-electron chi connectivity index (χ4n) is 19.4. The summed E-state index contributed by atoms with van der Waals surface area (Å²) in [6.07, 6.45) is -39.3. The van der Waals surface area contributed by atoms with Crippen molar-refractivity contribution in [3.63, 3.8) is 0 Å². The summed E-state index contributed by atoms with van der Waals surface area (Å²) in [5.41, 5.74) is -1.13. The number of cyclic esters (lactones) is 1. The van der Waals surface area contributed by atoms with Gasteiger partial charge in [0.05, 0.1) is 50.7 Å². The van der Waals surface area contributed by atoms with Gasteiger partial charge in [-0.05, 0) is 88.4 Å². The fourth-order valence-corrected chi connectivity index (χ4v) is 19.4. The average Bonchev–Trinajstić information content (AvgIpc) is 1.46. The Morgan fingerprint density at radius 2 is 1.10 bits per heavy atom. The number of fused-ring (bicyclic) bond motifs is 4. The van der Waals surface area contributed by atoms with E-state index in [1.165, 1.54) is 33.6 Å². The number of esters is 2. The Kier molecular flexibility index (Phi) is 23.9. The van der Waals surface area contributed by atoms with Crippen molar-refractivity contribution >= 4 is 11.9 Å². The first-order valence-electron chi connectivity index (χ1n) is 35.1. The number of allylic oxidation sites excluding steroid dienone is 2. The minimum atomic E-state index is -2.04. The molecule has 4 aliphatic carbocycles. The van der Waals surface area contributed by atoms with Gasteiger partial charge in [-0.15, -0.1) is 6.58 Å². The van der Waals surface area contributed by atoms with Gasteiger partial charge >= 0.3 is 11.9 Å². The molecule has 32 heteroatoms. The number of rotatable bonds is 22. The molecule has 3 saturated carbocycles. The Bertz CT molecular complexity index is 2840. The van der Waals surface area contributed by atoms with E-state index in [1.54, 1.807) is 0 Å². The Hall–Kier alpha value is -2.70. The fraction of sp³-hybridized carbons (Fsp3) is 0.912. The summed E-state index contributed by atoms with van der Waals surface area (Å²) in [6, 6.07) is 0. The molecular formula is C68H108O32. The molecule has 1 spiro atoms. The summed E-state index contributed by atoms with van der Waals surface area (Å²) in [6.45, 7) is 16.2. The molecule has 11 rings (SSSR count). The predicted molar refractivity (Wildman–Crippen MR) is 335 cm³/mol. The molecule has 572 valence electrons. The lowest BCUT2D eigenvalue weighted by atomic mass is 9.41. The van der Waals surface area contributed by atoms with Crippen molar-refractivity contribution in [3.05, 3.63) is 23.8 Å². The van der Waals surface area contributed by atoms with Gasteiger partial charge in [-0.2, -0.15) is 0 Å². The zero-order valence-electron chi connectivity index (χ0n) is 58.3. The second kappa shape index (κ2) is 30.5. The zero-order chi connectivity index (χ0) is 72.8. The van der Waals surface area contributed by atoms with Crippen LogP contribution < -0.4 is 0 Å². The molecule has 7 saturated heterocycles. The van der Waals surface area contributed by atoms with Gasteiger partial charge in [0.1, 0.15) is 140 Å². The van der Waals surface area contributed by atoms with Crippen LogP contribution in [-0.4, -0.2) is 321 Å². The van der Waals surface area contributed by atoms with Gasteiger partial charge in [-0.25, -0.2) is 0 Å². The molecule has 37 atom stereocenters. The molecule has 11 aliphatic rings. The minimum absolute atomic E-state index is 0.0454. The summed E-state index contributed by atoms with van der Waals surface area (Å²) in [4.78, 5) is 27.1. The molecule has 0 aromatic rings. The maximum atomic E-state index is 14.8. The van der Waals surface area contributed by atoms with Crippen LogP contribution in [0.1, 0.15) is 113 Å². The predicted octanol–water partition coefficient (Wildman–Crippen LogP) is -2.90. The zero-order valence-corrected chi connectivity index (χ0v) is 58.3. The van der Waals surface area contributed by atoms with Crippen LogP contribution >= 0.6 is 0 Å². The van der Waals surface area contributed by atoms with Gasteiger partial charge in [0.15, 0.2) is 37.7 Å². The van der Waals surface area contributed by atoms with Gasteiger partial charge in [0.2, 0.25) is 0 Å². The molecule has 0 aromatic carbocycles. The molecule has 0 radical (unpaired) electrons. The number of ether oxygens (including phenoxy) is 16. The second-order valence-electron chi connectivity index (χ2n) is 31.0. The highest BCUT2D eigenvalue weighted by Crippen LogP contribution is 2.76. The SMILES string of the molecule is C=C(C)CC(CC1(C)OC(=O)C23CCC4C(=CCC5C(C)(C)C(OC6OC(CO)C(O)C(OC7OC(CO)C(O)C(OC)C7O)C6OC6OC(C)C(OC7OCC(OC8OCC(O)C(OC9OC(CO)C(O)C(OC)C9O)C8O)C(O)C7O)C(O)C6O)CCC45C)C2(C)CCC13)OC(C)=O. The first-order chi connectivity index (χ1) is 47.2. The Morgan fingerprint density at radius 3 is 1.69 bits per heavy atom. The molecule has 10 fully saturated rings. The molecule has 100 heavy (non-hydrogen) atoms. The standard InChI is InChI=1S/C68H108O32/c1-27(2)20-30(90-29(4)72)21-67(9)39-15-18-66(8)32-12-13-38-64(5,6)40(16-17-65(38,7)31(32)14-19-68(39,66)63(84)100-67)95-62-56(55(44(77)36(24-71)93-62)98-61-50(83)54(86-11)43(76)35(23-70)92-61)99-59-47(80)45(78)51(28(3)89-59)96-57-46(79)41(74)37(26-88-57)94-58-48(81)52(33(73)25-87-58)97-60-49(82)53(85-10)42(75)34(22-69)91-60/h12,28,30-31,33-62,69-71,73-83H,1,13-26H2,2-11H3. The van der Waals surface area contributed by atoms with E-state index in [2.05, 4.69) is 40.3 Å². The van der Waals surface area contributed by atoms with Gasteiger partial charge in [-0.1, -0.05) is 44.9 Å². The topological polar surface area (TPSA) is 465 Å². The number of carbonyl (C=O) groups is 2. The summed E-state index contributed by atoms with van der Waals surface area (Å²) < 4.78 is 96.2. The molecule has 0 bridgehead atoms. The van der Waals surface area contributed by atoms with Crippen LogP contribution in [0.2, 0.25) is 0 Å². The maximum absolute atomic E-state index is 14.8. The Labute approximate surface area is 580 Å². The lowest BCUT2D eigenvalue weighted by Gasteiger charge is -2.64. The third kappa shape index (κ3) is 13.9. The molecule has 0 amide bonds. The van der Waals surface area contributed by atoms with E-state index in [4.69, 9.17) is 75.8 Å². The van der Waals surface area contributed by atoms with Crippen LogP contribution in [0.5, 0.6) is 0 Å². The van der Waals surface area contributed by atoms with Crippen LogP contribution in [-0.2, 0) is 85.4 Å². The normalized spacial score (nSPS) is 51.2. The van der Waals surface area contributed by atoms with Gasteiger partial charge in [0.25, 0.3) is 0 Å². The summed E-state index contributed by atoms with van der Waals surface area (Å²) in [5, 5.41) is 156. The number of hydrogen-bond acceptors (Lipinski definition) is 32. The van der Waals surface area contributed by atoms with E-state index in [0.717, 1.165) is 18.4 Å². The van der Waals surface area contributed by atoms with E-state index >= 15 is 0 Å². The van der Waals surface area contributed by atoms with Gasteiger partial charge < -0.3 is 147 Å². The molecule has 7 aliphatic heterocycles. The van der Waals surface area contributed by atoms with Gasteiger partial charge in [0, 0.05) is 45.3 Å². The van der Waals surface area contributed by atoms with Crippen molar-refractivity contribution in [1.82, 2.24) is 0 Å². The summed E-state index contributed by atoms with van der Waals surface area (Å²) in [7, 11) is 2.41. The number of hydrogen-bond donors (Lipinski definition) is 14. The number of carbonyl (C=O) groups excluding carboxylic acids is 2. The van der Waals surface area contributed by atoms with E-state index < -0.39 is 245 Å².